The highest BCUT2D eigenvalue weighted by molar-refractivity contribution is 4.81. The van der Waals surface area contributed by atoms with Crippen molar-refractivity contribution in [3.05, 3.63) is 12.3 Å². The highest BCUT2D eigenvalue weighted by atomic mass is 16.6. The summed E-state index contributed by atoms with van der Waals surface area (Å²) in [4.78, 5) is 0. The van der Waals surface area contributed by atoms with Crippen molar-refractivity contribution in [2.75, 3.05) is 7.11 Å². The highest BCUT2D eigenvalue weighted by Gasteiger charge is 2.00. The molecule has 0 saturated heterocycles. The van der Waals surface area contributed by atoms with Crippen molar-refractivity contribution in [3.8, 4) is 0 Å². The third-order valence-electron chi connectivity index (χ3n) is 0.508. The first-order valence-electron chi connectivity index (χ1n) is 1.77. The minimum atomic E-state index is -1.24. The molecule has 0 aliphatic carbocycles. The molecule has 1 unspecified atom stereocenters. The van der Waals surface area contributed by atoms with Crippen LogP contribution < -0.4 is 0 Å². The van der Waals surface area contributed by atoms with Crippen molar-refractivity contribution in [2.24, 2.45) is 0 Å². The van der Waals surface area contributed by atoms with Crippen LogP contribution >= 0.6 is 0 Å². The Hall–Kier alpha value is -0.540. The molecule has 0 aromatic heterocycles. The smallest absolute Gasteiger partial charge is 0.212 e. The Morgan fingerprint density at radius 3 is 2.29 bits per heavy atom. The average Bonchev–Trinajstić information content (AvgIpc) is 1.65. The largest absolute Gasteiger partial charge is 0.508 e. The average molecular weight is 104 g/mol. The lowest BCUT2D eigenvalue weighted by Gasteiger charge is -2.02. The Balaban J connectivity index is 3.34. The molecule has 3 heteroatoms. The molecule has 7 heavy (non-hydrogen) atoms. The minimum Gasteiger partial charge on any atom is -0.508 e. The van der Waals surface area contributed by atoms with E-state index in [1.807, 2.05) is 0 Å². The normalized spacial score (nSPS) is 13.4. The van der Waals surface area contributed by atoms with Crippen LogP contribution in [0.5, 0.6) is 0 Å². The van der Waals surface area contributed by atoms with Gasteiger partial charge in [-0.3, -0.25) is 0 Å². The van der Waals surface area contributed by atoms with Crippen LogP contribution in [0.15, 0.2) is 12.3 Å². The van der Waals surface area contributed by atoms with Gasteiger partial charge >= 0.3 is 0 Å². The summed E-state index contributed by atoms with van der Waals surface area (Å²) in [5, 5.41) is 16.6. The van der Waals surface area contributed by atoms with Gasteiger partial charge in [0.15, 0.2) is 0 Å². The van der Waals surface area contributed by atoms with Crippen LogP contribution in [0.1, 0.15) is 0 Å². The summed E-state index contributed by atoms with van der Waals surface area (Å²) in [5.41, 5.74) is 0. The third-order valence-corrected chi connectivity index (χ3v) is 0.508. The van der Waals surface area contributed by atoms with E-state index in [1.54, 1.807) is 0 Å². The second-order valence-corrected chi connectivity index (χ2v) is 1.08. The molecule has 42 valence electrons. The van der Waals surface area contributed by atoms with Gasteiger partial charge in [-0.15, -0.1) is 0 Å². The summed E-state index contributed by atoms with van der Waals surface area (Å²) >= 11 is 0. The van der Waals surface area contributed by atoms with Crippen molar-refractivity contribution in [3.63, 3.8) is 0 Å². The van der Waals surface area contributed by atoms with E-state index in [4.69, 9.17) is 10.2 Å². The van der Waals surface area contributed by atoms with Crippen molar-refractivity contribution in [2.45, 2.75) is 6.29 Å². The molecule has 0 fully saturated rings. The Kier molecular flexibility index (Phi) is 2.40. The fourth-order valence-corrected chi connectivity index (χ4v) is 0.136. The molecule has 0 spiro atoms. The Labute approximate surface area is 41.8 Å². The van der Waals surface area contributed by atoms with E-state index in [1.165, 1.54) is 7.11 Å². The molecular formula is C4H8O3. The van der Waals surface area contributed by atoms with Gasteiger partial charge in [0.05, 0.1) is 0 Å². The lowest BCUT2D eigenvalue weighted by molar-refractivity contribution is -0.0685. The van der Waals surface area contributed by atoms with Gasteiger partial charge in [-0.2, -0.15) is 0 Å². The molecular weight excluding hydrogens is 96.0 g/mol. The lowest BCUT2D eigenvalue weighted by Crippen LogP contribution is -2.10. The molecule has 0 rings (SSSR count). The molecule has 1 atom stereocenters. The van der Waals surface area contributed by atoms with E-state index >= 15 is 0 Å². The van der Waals surface area contributed by atoms with Crippen LogP contribution in [-0.2, 0) is 4.74 Å². The monoisotopic (exact) mass is 104 g/mol. The molecule has 2 N–H and O–H groups in total. The zero-order valence-electron chi connectivity index (χ0n) is 4.09. The summed E-state index contributed by atoms with van der Waals surface area (Å²) in [5.74, 6) is -0.373. The van der Waals surface area contributed by atoms with Gasteiger partial charge in [-0.1, -0.05) is 6.58 Å². The predicted octanol–water partition coefficient (Wildman–Crippen LogP) is 0.0229. The first kappa shape index (κ1) is 6.46. The van der Waals surface area contributed by atoms with E-state index < -0.39 is 6.29 Å². The van der Waals surface area contributed by atoms with Crippen LogP contribution in [-0.4, -0.2) is 23.6 Å². The molecule has 0 aliphatic heterocycles. The van der Waals surface area contributed by atoms with Crippen LogP contribution in [0.25, 0.3) is 0 Å². The number of rotatable bonds is 2. The Bertz CT molecular complexity index is 69.3. The molecule has 0 aromatic carbocycles. The first-order valence-corrected chi connectivity index (χ1v) is 1.77. The predicted molar refractivity (Wildman–Crippen MR) is 24.8 cm³/mol. The van der Waals surface area contributed by atoms with Crippen LogP contribution in [0.2, 0.25) is 0 Å². The molecule has 0 saturated carbocycles. The first-order chi connectivity index (χ1) is 3.18. The second-order valence-electron chi connectivity index (χ2n) is 1.08. The summed E-state index contributed by atoms with van der Waals surface area (Å²) in [6.07, 6.45) is -1.24. The molecule has 3 nitrogen and oxygen atoms in total. The van der Waals surface area contributed by atoms with Gasteiger partial charge in [-0.25, -0.2) is 0 Å². The van der Waals surface area contributed by atoms with Crippen LogP contribution in [0, 0.1) is 0 Å². The van der Waals surface area contributed by atoms with Crippen molar-refractivity contribution in [1.29, 1.82) is 0 Å². The number of ether oxygens (including phenoxy) is 1. The van der Waals surface area contributed by atoms with E-state index in [-0.39, 0.29) is 5.76 Å². The van der Waals surface area contributed by atoms with Gasteiger partial charge in [0.1, 0.15) is 5.76 Å². The maximum Gasteiger partial charge on any atom is 0.212 e. The number of aliphatic hydroxyl groups excluding tert-OH is 2. The second kappa shape index (κ2) is 2.60. The summed E-state index contributed by atoms with van der Waals surface area (Å²) in [6, 6.07) is 0. The van der Waals surface area contributed by atoms with Crippen LogP contribution in [0.3, 0.4) is 0 Å². The number of hydrogen-bond donors (Lipinski definition) is 2. The van der Waals surface area contributed by atoms with E-state index in [0.717, 1.165) is 0 Å². The van der Waals surface area contributed by atoms with Gasteiger partial charge in [0, 0.05) is 7.11 Å². The summed E-state index contributed by atoms with van der Waals surface area (Å²) in [6.45, 7) is 3.01. The summed E-state index contributed by atoms with van der Waals surface area (Å²) < 4.78 is 4.22. The Morgan fingerprint density at radius 2 is 2.29 bits per heavy atom. The topological polar surface area (TPSA) is 49.7 Å². The zero-order valence-corrected chi connectivity index (χ0v) is 4.09. The van der Waals surface area contributed by atoms with Crippen molar-refractivity contribution < 1.29 is 14.9 Å². The van der Waals surface area contributed by atoms with Crippen molar-refractivity contribution in [1.82, 2.24) is 0 Å². The van der Waals surface area contributed by atoms with Gasteiger partial charge in [0.25, 0.3) is 0 Å². The molecule has 0 heterocycles. The zero-order chi connectivity index (χ0) is 5.86. The van der Waals surface area contributed by atoms with Gasteiger partial charge in [0.2, 0.25) is 6.29 Å². The fraction of sp³-hybridized carbons (Fsp3) is 0.500. The Morgan fingerprint density at radius 1 is 1.86 bits per heavy atom. The molecule has 0 bridgehead atoms. The van der Waals surface area contributed by atoms with Crippen molar-refractivity contribution >= 4 is 0 Å². The number of aliphatic hydroxyl groups is 2. The highest BCUT2D eigenvalue weighted by Crippen LogP contribution is 1.91. The summed E-state index contributed by atoms with van der Waals surface area (Å²) in [7, 11) is 1.27. The maximum atomic E-state index is 8.36. The van der Waals surface area contributed by atoms with Gasteiger partial charge < -0.3 is 14.9 Å². The SMILES string of the molecule is C=C(O)C(O)OC. The number of hydrogen-bond acceptors (Lipinski definition) is 3. The maximum absolute atomic E-state index is 8.36. The van der Waals surface area contributed by atoms with Crippen LogP contribution in [0.4, 0.5) is 0 Å². The van der Waals surface area contributed by atoms with E-state index in [0.29, 0.717) is 0 Å². The van der Waals surface area contributed by atoms with Gasteiger partial charge in [-0.05, 0) is 0 Å². The minimum absolute atomic E-state index is 0.373. The number of methoxy groups -OCH3 is 1. The lowest BCUT2D eigenvalue weighted by atomic mass is 10.6. The molecule has 0 aromatic rings. The fourth-order valence-electron chi connectivity index (χ4n) is 0.136. The molecule has 0 radical (unpaired) electrons. The molecule has 0 amide bonds. The third kappa shape index (κ3) is 2.19. The van der Waals surface area contributed by atoms with E-state index in [2.05, 4.69) is 11.3 Å². The quantitative estimate of drug-likeness (QED) is 0.383. The standard InChI is InChI=1S/C4H8O3/c1-3(5)4(6)7-2/h4-6H,1H2,2H3. The van der Waals surface area contributed by atoms with E-state index in [9.17, 15) is 0 Å². The molecule has 0 aliphatic rings.